The quantitative estimate of drug-likeness (QED) is 0.623. The Bertz CT molecular complexity index is 904. The van der Waals surface area contributed by atoms with Crippen LogP contribution in [0.3, 0.4) is 0 Å². The van der Waals surface area contributed by atoms with E-state index in [1.165, 1.54) is 17.4 Å². The summed E-state index contributed by atoms with van der Waals surface area (Å²) >= 11 is 1.20. The maximum Gasteiger partial charge on any atom is 0.232 e. The lowest BCUT2D eigenvalue weighted by molar-refractivity contribution is 0.476. The Balaban J connectivity index is 2.20. The molecule has 0 atom stereocenters. The van der Waals surface area contributed by atoms with Crippen molar-refractivity contribution < 1.29 is 5.11 Å². The Morgan fingerprint density at radius 1 is 1.35 bits per heavy atom. The zero-order valence-corrected chi connectivity index (χ0v) is 10.8. The van der Waals surface area contributed by atoms with Gasteiger partial charge in [0.05, 0.1) is 0 Å². The summed E-state index contributed by atoms with van der Waals surface area (Å²) in [6.45, 7) is 0. The normalized spacial score (nSPS) is 11.7. The molecule has 1 aromatic carbocycles. The number of para-hydroxylation sites is 2. The van der Waals surface area contributed by atoms with Gasteiger partial charge in [-0.15, -0.1) is 10.2 Å². The van der Waals surface area contributed by atoms with Crippen LogP contribution in [0.2, 0.25) is 0 Å². The van der Waals surface area contributed by atoms with Crippen LogP contribution in [0.4, 0.5) is 11.5 Å². The number of aromatic nitrogens is 3. The molecule has 2 heterocycles. The molecule has 0 aliphatic carbocycles. The first-order valence-electron chi connectivity index (χ1n) is 5.57. The summed E-state index contributed by atoms with van der Waals surface area (Å²) in [5.41, 5.74) is 6.78. The molecule has 20 heavy (non-hydrogen) atoms. The van der Waals surface area contributed by atoms with E-state index < -0.39 is 0 Å². The number of phenols is 1. The summed E-state index contributed by atoms with van der Waals surface area (Å²) in [6.07, 6.45) is 0. The number of rotatable bonds is 1. The van der Waals surface area contributed by atoms with Gasteiger partial charge in [-0.05, 0) is 12.1 Å². The van der Waals surface area contributed by atoms with Crippen LogP contribution in [0.1, 0.15) is 5.56 Å². The van der Waals surface area contributed by atoms with Gasteiger partial charge in [-0.1, -0.05) is 23.5 Å². The topological polar surface area (TPSA) is 124 Å². The third-order valence-corrected chi connectivity index (χ3v) is 3.46. The first-order chi connectivity index (χ1) is 9.69. The lowest BCUT2D eigenvalue weighted by Crippen LogP contribution is -2.04. The third kappa shape index (κ3) is 1.96. The molecule has 7 nitrogen and oxygen atoms in total. The number of nitrogens with zero attached hydrogens (tertiary/aromatic N) is 4. The van der Waals surface area contributed by atoms with Crippen molar-refractivity contribution in [1.82, 2.24) is 15.2 Å². The fourth-order valence-electron chi connectivity index (χ4n) is 1.68. The number of nitriles is 1. The molecule has 0 saturated carbocycles. The SMILES string of the molecule is N#Cc1c(N)[nH]c2sc(=Nc3ccccc3O)nnc12. The van der Waals surface area contributed by atoms with E-state index in [1.807, 2.05) is 6.07 Å². The number of H-pyrrole nitrogens is 1. The van der Waals surface area contributed by atoms with Crippen LogP contribution in [0.25, 0.3) is 10.3 Å². The highest BCUT2D eigenvalue weighted by Gasteiger charge is 2.11. The highest BCUT2D eigenvalue weighted by Crippen LogP contribution is 2.25. The maximum absolute atomic E-state index is 9.66. The van der Waals surface area contributed by atoms with Crippen molar-refractivity contribution in [1.29, 1.82) is 5.26 Å². The number of nitrogens with one attached hydrogen (secondary N) is 1. The minimum absolute atomic E-state index is 0.0605. The van der Waals surface area contributed by atoms with Crippen LogP contribution in [-0.2, 0) is 0 Å². The number of aromatic hydroxyl groups is 1. The predicted octanol–water partition coefficient (Wildman–Crippen LogP) is 1.41. The van der Waals surface area contributed by atoms with Crippen molar-refractivity contribution >= 4 is 33.2 Å². The number of nitrogens with two attached hydrogens (primary N) is 1. The summed E-state index contributed by atoms with van der Waals surface area (Å²) < 4.78 is 0. The second-order valence-corrected chi connectivity index (χ2v) is 4.87. The smallest absolute Gasteiger partial charge is 0.232 e. The lowest BCUT2D eigenvalue weighted by atomic mass is 10.3. The monoisotopic (exact) mass is 284 g/mol. The highest BCUT2D eigenvalue weighted by atomic mass is 32.1. The molecule has 0 bridgehead atoms. The summed E-state index contributed by atoms with van der Waals surface area (Å²) in [6, 6.07) is 8.64. The van der Waals surface area contributed by atoms with E-state index in [9.17, 15) is 5.11 Å². The second-order valence-electron chi connectivity index (χ2n) is 3.89. The Morgan fingerprint density at radius 3 is 2.90 bits per heavy atom. The van der Waals surface area contributed by atoms with Gasteiger partial charge >= 0.3 is 0 Å². The number of phenolic OH excluding ortho intramolecular Hbond substituents is 1. The Kier molecular flexibility index (Phi) is 2.81. The molecule has 0 radical (unpaired) electrons. The van der Waals surface area contributed by atoms with Crippen LogP contribution in [0, 0.1) is 11.3 Å². The molecule has 0 amide bonds. The van der Waals surface area contributed by atoms with Gasteiger partial charge in [0.15, 0.2) is 0 Å². The molecule has 0 unspecified atom stereocenters. The zero-order valence-electron chi connectivity index (χ0n) is 10.0. The van der Waals surface area contributed by atoms with Gasteiger partial charge in [0.1, 0.15) is 39.2 Å². The molecule has 98 valence electrons. The number of hydrogen-bond acceptors (Lipinski definition) is 7. The number of nitrogen functional groups attached to an aromatic ring is 1. The fourth-order valence-corrected chi connectivity index (χ4v) is 2.49. The van der Waals surface area contributed by atoms with Crippen molar-refractivity contribution in [2.75, 3.05) is 5.73 Å². The number of benzene rings is 1. The van der Waals surface area contributed by atoms with Crippen LogP contribution in [-0.4, -0.2) is 20.3 Å². The number of aromatic amines is 1. The molecule has 2 aromatic heterocycles. The van der Waals surface area contributed by atoms with Gasteiger partial charge in [-0.2, -0.15) is 5.26 Å². The predicted molar refractivity (Wildman–Crippen MR) is 74.2 cm³/mol. The summed E-state index contributed by atoms with van der Waals surface area (Å²) in [5.74, 6) is 0.318. The van der Waals surface area contributed by atoms with E-state index in [0.29, 0.717) is 20.8 Å². The van der Waals surface area contributed by atoms with Gasteiger partial charge < -0.3 is 15.8 Å². The molecule has 0 saturated heterocycles. The van der Waals surface area contributed by atoms with E-state index in [-0.39, 0.29) is 17.1 Å². The van der Waals surface area contributed by atoms with E-state index in [2.05, 4.69) is 20.2 Å². The van der Waals surface area contributed by atoms with Crippen molar-refractivity contribution in [2.24, 2.45) is 4.99 Å². The van der Waals surface area contributed by atoms with Crippen molar-refractivity contribution in [3.8, 4) is 11.8 Å². The van der Waals surface area contributed by atoms with Crippen LogP contribution < -0.4 is 10.5 Å². The van der Waals surface area contributed by atoms with Gasteiger partial charge in [-0.25, -0.2) is 4.99 Å². The Labute approximate surface area is 116 Å². The molecular formula is C12H8N6OS. The van der Waals surface area contributed by atoms with Crippen LogP contribution in [0.15, 0.2) is 29.3 Å². The molecule has 8 heteroatoms. The summed E-state index contributed by atoms with van der Waals surface area (Å²) in [5, 5.41) is 26.5. The maximum atomic E-state index is 9.66. The summed E-state index contributed by atoms with van der Waals surface area (Å²) in [4.78, 5) is 8.04. The number of hydrogen-bond donors (Lipinski definition) is 3. The van der Waals surface area contributed by atoms with Gasteiger partial charge in [0, 0.05) is 0 Å². The first-order valence-corrected chi connectivity index (χ1v) is 6.38. The lowest BCUT2D eigenvalue weighted by Gasteiger charge is -1.95. The zero-order chi connectivity index (χ0) is 14.1. The molecule has 0 aliphatic heterocycles. The molecule has 0 spiro atoms. The summed E-state index contributed by atoms with van der Waals surface area (Å²) in [7, 11) is 0. The number of fused-ring (bicyclic) bond motifs is 1. The second kappa shape index (κ2) is 4.64. The highest BCUT2D eigenvalue weighted by molar-refractivity contribution is 7.15. The molecular weight excluding hydrogens is 276 g/mol. The van der Waals surface area contributed by atoms with Gasteiger partial charge in [0.25, 0.3) is 0 Å². The average Bonchev–Trinajstić information content (AvgIpc) is 2.76. The van der Waals surface area contributed by atoms with Crippen LogP contribution in [0.5, 0.6) is 5.75 Å². The van der Waals surface area contributed by atoms with E-state index >= 15 is 0 Å². The minimum Gasteiger partial charge on any atom is -0.506 e. The Hall–Kier alpha value is -2.92. The minimum atomic E-state index is 0.0605. The molecule has 4 N–H and O–H groups in total. The molecule has 3 aromatic rings. The Morgan fingerprint density at radius 2 is 2.15 bits per heavy atom. The largest absolute Gasteiger partial charge is 0.506 e. The van der Waals surface area contributed by atoms with E-state index in [4.69, 9.17) is 11.0 Å². The molecule has 3 rings (SSSR count). The van der Waals surface area contributed by atoms with Crippen molar-refractivity contribution in [2.45, 2.75) is 0 Å². The van der Waals surface area contributed by atoms with Gasteiger partial charge in [0.2, 0.25) is 4.80 Å². The van der Waals surface area contributed by atoms with Crippen molar-refractivity contribution in [3.05, 3.63) is 34.6 Å². The van der Waals surface area contributed by atoms with Crippen molar-refractivity contribution in [3.63, 3.8) is 0 Å². The number of anilines is 1. The third-order valence-electron chi connectivity index (χ3n) is 2.61. The average molecular weight is 284 g/mol. The standard InChI is InChI=1S/C12H8N6OS/c13-5-6-9-11(16-10(6)14)20-12(18-17-9)15-7-3-1-2-4-8(7)19/h1-4,16,19H,14H2. The van der Waals surface area contributed by atoms with E-state index in [0.717, 1.165) is 0 Å². The first kappa shape index (κ1) is 12.1. The van der Waals surface area contributed by atoms with Crippen LogP contribution >= 0.6 is 11.3 Å². The van der Waals surface area contributed by atoms with E-state index in [1.54, 1.807) is 18.2 Å². The molecule has 0 aliphatic rings. The molecule has 0 fully saturated rings. The van der Waals surface area contributed by atoms with Gasteiger partial charge in [-0.3, -0.25) is 0 Å². The fraction of sp³-hybridized carbons (Fsp3) is 0.